The highest BCUT2D eigenvalue weighted by Crippen LogP contribution is 2.17. The van der Waals surface area contributed by atoms with Gasteiger partial charge >= 0.3 is 5.97 Å². The van der Waals surface area contributed by atoms with Crippen LogP contribution in [-0.2, 0) is 11.3 Å². The Bertz CT molecular complexity index is 929. The Morgan fingerprint density at radius 1 is 1.13 bits per heavy atom. The lowest BCUT2D eigenvalue weighted by molar-refractivity contribution is 0.0600. The summed E-state index contributed by atoms with van der Waals surface area (Å²) in [5.41, 5.74) is 1.39. The summed E-state index contributed by atoms with van der Waals surface area (Å²) in [5.74, 6) is -0.371. The molecule has 0 N–H and O–H groups in total. The van der Waals surface area contributed by atoms with Crippen LogP contribution < -0.4 is 5.56 Å². The first-order valence-corrected chi connectivity index (χ1v) is 7.84. The maximum Gasteiger partial charge on any atom is 0.337 e. The number of pyridine rings is 1. The smallest absolute Gasteiger partial charge is 0.337 e. The van der Waals surface area contributed by atoms with E-state index < -0.39 is 0 Å². The summed E-state index contributed by atoms with van der Waals surface area (Å²) >= 11 is 3.39. The van der Waals surface area contributed by atoms with Crippen molar-refractivity contribution in [1.29, 1.82) is 0 Å². The van der Waals surface area contributed by atoms with E-state index in [0.717, 1.165) is 15.4 Å². The molecule has 1 heterocycles. The minimum atomic E-state index is -0.371. The molecule has 0 amide bonds. The van der Waals surface area contributed by atoms with E-state index in [-0.39, 0.29) is 11.5 Å². The van der Waals surface area contributed by atoms with E-state index in [9.17, 15) is 9.59 Å². The molecular weight excluding hydrogens is 358 g/mol. The largest absolute Gasteiger partial charge is 0.465 e. The molecule has 0 fully saturated rings. The van der Waals surface area contributed by atoms with Crippen molar-refractivity contribution < 1.29 is 9.53 Å². The standard InChI is InChI=1S/C18H14BrNO3/c1-23-18(22)14-4-2-12(3-5-14)11-20-9-8-13-6-7-15(19)10-16(13)17(20)21/h2-10H,11H2,1H3. The van der Waals surface area contributed by atoms with E-state index in [4.69, 9.17) is 0 Å². The van der Waals surface area contributed by atoms with Crippen molar-refractivity contribution in [1.82, 2.24) is 4.57 Å². The van der Waals surface area contributed by atoms with Gasteiger partial charge in [-0.25, -0.2) is 4.79 Å². The fourth-order valence-electron chi connectivity index (χ4n) is 2.44. The number of esters is 1. The van der Waals surface area contributed by atoms with Gasteiger partial charge in [-0.1, -0.05) is 34.1 Å². The summed E-state index contributed by atoms with van der Waals surface area (Å²) in [6, 6.07) is 14.6. The molecule has 23 heavy (non-hydrogen) atoms. The van der Waals surface area contributed by atoms with E-state index in [1.54, 1.807) is 22.9 Å². The number of hydrogen-bond donors (Lipinski definition) is 0. The molecule has 0 aliphatic carbocycles. The van der Waals surface area contributed by atoms with Crippen LogP contribution >= 0.6 is 15.9 Å². The Morgan fingerprint density at radius 2 is 1.87 bits per heavy atom. The fraction of sp³-hybridized carbons (Fsp3) is 0.111. The van der Waals surface area contributed by atoms with Gasteiger partial charge in [0, 0.05) is 16.1 Å². The molecule has 0 aliphatic heterocycles. The van der Waals surface area contributed by atoms with Gasteiger partial charge in [0.15, 0.2) is 0 Å². The van der Waals surface area contributed by atoms with Crippen molar-refractivity contribution in [3.8, 4) is 0 Å². The van der Waals surface area contributed by atoms with Crippen LogP contribution in [0.15, 0.2) is 64.0 Å². The van der Waals surface area contributed by atoms with Crippen molar-refractivity contribution in [2.45, 2.75) is 6.54 Å². The molecule has 0 saturated carbocycles. The normalized spacial score (nSPS) is 10.7. The predicted octanol–water partition coefficient (Wildman–Crippen LogP) is 3.60. The monoisotopic (exact) mass is 371 g/mol. The van der Waals surface area contributed by atoms with Crippen molar-refractivity contribution in [2.24, 2.45) is 0 Å². The van der Waals surface area contributed by atoms with Gasteiger partial charge in [-0.2, -0.15) is 0 Å². The predicted molar refractivity (Wildman–Crippen MR) is 92.8 cm³/mol. The second-order valence-corrected chi connectivity index (χ2v) is 6.08. The summed E-state index contributed by atoms with van der Waals surface area (Å²) in [6.07, 6.45) is 1.78. The Labute approximate surface area is 141 Å². The Balaban J connectivity index is 1.94. The van der Waals surface area contributed by atoms with Crippen LogP contribution in [0.2, 0.25) is 0 Å². The van der Waals surface area contributed by atoms with Gasteiger partial charge in [-0.15, -0.1) is 0 Å². The lowest BCUT2D eigenvalue weighted by Crippen LogP contribution is -2.20. The summed E-state index contributed by atoms with van der Waals surface area (Å²) in [7, 11) is 1.35. The minimum absolute atomic E-state index is 0.0409. The Hall–Kier alpha value is -2.40. The molecule has 0 unspecified atom stereocenters. The van der Waals surface area contributed by atoms with Crippen LogP contribution in [0.3, 0.4) is 0 Å². The highest BCUT2D eigenvalue weighted by Gasteiger charge is 2.07. The van der Waals surface area contributed by atoms with Crippen molar-refractivity contribution in [2.75, 3.05) is 7.11 Å². The summed E-state index contributed by atoms with van der Waals surface area (Å²) in [6.45, 7) is 0.447. The lowest BCUT2D eigenvalue weighted by atomic mass is 10.1. The third-order valence-electron chi connectivity index (χ3n) is 3.67. The SMILES string of the molecule is COC(=O)c1ccc(Cn2ccc3ccc(Br)cc3c2=O)cc1. The van der Waals surface area contributed by atoms with Crippen LogP contribution in [0.4, 0.5) is 0 Å². The number of rotatable bonds is 3. The molecule has 0 saturated heterocycles. The van der Waals surface area contributed by atoms with Gasteiger partial charge < -0.3 is 9.30 Å². The summed E-state index contributed by atoms with van der Waals surface area (Å²) in [4.78, 5) is 24.0. The average Bonchev–Trinajstić information content (AvgIpc) is 2.58. The molecule has 0 radical (unpaired) electrons. The fourth-order valence-corrected chi connectivity index (χ4v) is 2.80. The number of carbonyl (C=O) groups is 1. The zero-order chi connectivity index (χ0) is 16.4. The number of aromatic nitrogens is 1. The first kappa shape index (κ1) is 15.5. The van der Waals surface area contributed by atoms with Gasteiger partial charge in [-0.05, 0) is 41.3 Å². The zero-order valence-electron chi connectivity index (χ0n) is 12.5. The Kier molecular flexibility index (Phi) is 4.30. The van der Waals surface area contributed by atoms with Gasteiger partial charge in [0.25, 0.3) is 5.56 Å². The molecular formula is C18H14BrNO3. The maximum atomic E-state index is 12.6. The molecule has 0 aliphatic rings. The second-order valence-electron chi connectivity index (χ2n) is 5.17. The number of benzene rings is 2. The molecule has 0 atom stereocenters. The second kappa shape index (κ2) is 6.38. The average molecular weight is 372 g/mol. The van der Waals surface area contributed by atoms with Crippen molar-refractivity contribution in [3.05, 3.63) is 80.7 Å². The third kappa shape index (κ3) is 3.19. The molecule has 116 valence electrons. The van der Waals surface area contributed by atoms with Gasteiger partial charge in [0.1, 0.15) is 0 Å². The molecule has 0 bridgehead atoms. The van der Waals surface area contributed by atoms with E-state index in [2.05, 4.69) is 20.7 Å². The van der Waals surface area contributed by atoms with E-state index in [0.29, 0.717) is 17.5 Å². The van der Waals surface area contributed by atoms with Crippen molar-refractivity contribution in [3.63, 3.8) is 0 Å². The van der Waals surface area contributed by atoms with Crippen LogP contribution in [-0.4, -0.2) is 17.6 Å². The lowest BCUT2D eigenvalue weighted by Gasteiger charge is -2.08. The molecule has 4 nitrogen and oxygen atoms in total. The number of fused-ring (bicyclic) bond motifs is 1. The maximum absolute atomic E-state index is 12.6. The molecule has 0 spiro atoms. The topological polar surface area (TPSA) is 48.3 Å². The number of carbonyl (C=O) groups excluding carboxylic acids is 1. The van der Waals surface area contributed by atoms with E-state index in [1.807, 2.05) is 36.4 Å². The van der Waals surface area contributed by atoms with Crippen LogP contribution in [0.25, 0.3) is 10.8 Å². The quantitative estimate of drug-likeness (QED) is 0.660. The van der Waals surface area contributed by atoms with Gasteiger partial charge in [0.2, 0.25) is 0 Å². The summed E-state index contributed by atoms with van der Waals surface area (Å²) in [5, 5.41) is 1.59. The zero-order valence-corrected chi connectivity index (χ0v) is 14.0. The summed E-state index contributed by atoms with van der Waals surface area (Å²) < 4.78 is 7.21. The first-order chi connectivity index (χ1) is 11.1. The van der Waals surface area contributed by atoms with Gasteiger partial charge in [-0.3, -0.25) is 4.79 Å². The van der Waals surface area contributed by atoms with Crippen LogP contribution in [0.5, 0.6) is 0 Å². The minimum Gasteiger partial charge on any atom is -0.465 e. The molecule has 2 aromatic carbocycles. The van der Waals surface area contributed by atoms with E-state index in [1.165, 1.54) is 7.11 Å². The third-order valence-corrected chi connectivity index (χ3v) is 4.16. The number of hydrogen-bond acceptors (Lipinski definition) is 3. The molecule has 5 heteroatoms. The van der Waals surface area contributed by atoms with Gasteiger partial charge in [0.05, 0.1) is 19.2 Å². The highest BCUT2D eigenvalue weighted by molar-refractivity contribution is 9.10. The van der Waals surface area contributed by atoms with Crippen molar-refractivity contribution >= 4 is 32.7 Å². The number of halogens is 1. The highest BCUT2D eigenvalue weighted by atomic mass is 79.9. The molecule has 3 rings (SSSR count). The number of nitrogens with zero attached hydrogens (tertiary/aromatic N) is 1. The first-order valence-electron chi connectivity index (χ1n) is 7.04. The number of methoxy groups -OCH3 is 1. The van der Waals surface area contributed by atoms with Crippen LogP contribution in [0, 0.1) is 0 Å². The van der Waals surface area contributed by atoms with E-state index >= 15 is 0 Å². The molecule has 1 aromatic heterocycles. The number of ether oxygens (including phenoxy) is 1. The Morgan fingerprint density at radius 3 is 2.57 bits per heavy atom. The van der Waals surface area contributed by atoms with Crippen LogP contribution in [0.1, 0.15) is 15.9 Å². The molecule has 3 aromatic rings.